The number of aromatic amines is 1. The number of hydrogen-bond donors (Lipinski definition) is 2. The van der Waals surface area contributed by atoms with Crippen molar-refractivity contribution in [3.63, 3.8) is 0 Å². The first kappa shape index (κ1) is 12.9. The summed E-state index contributed by atoms with van der Waals surface area (Å²) in [5, 5.41) is 10.3. The Morgan fingerprint density at radius 3 is 2.86 bits per heavy atom. The minimum absolute atomic E-state index is 0.377. The van der Waals surface area contributed by atoms with Crippen LogP contribution in [0.4, 0.5) is 0 Å². The number of rotatable bonds is 2. The van der Waals surface area contributed by atoms with Crippen molar-refractivity contribution in [2.75, 3.05) is 6.54 Å². The maximum absolute atomic E-state index is 11.2. The van der Waals surface area contributed by atoms with E-state index in [1.807, 2.05) is 12.1 Å². The van der Waals surface area contributed by atoms with Gasteiger partial charge in [0.2, 0.25) is 0 Å². The number of H-pyrrole nitrogens is 1. The van der Waals surface area contributed by atoms with Gasteiger partial charge in [-0.25, -0.2) is 4.79 Å². The van der Waals surface area contributed by atoms with Gasteiger partial charge in [0.15, 0.2) is 0 Å². The number of carboxylic acids is 1. The molecule has 0 bridgehead atoms. The number of aromatic nitrogens is 1. The van der Waals surface area contributed by atoms with Gasteiger partial charge in [-0.05, 0) is 36.6 Å². The molecule has 0 amide bonds. The molecule has 4 rings (SSSR count). The van der Waals surface area contributed by atoms with Crippen molar-refractivity contribution in [3.05, 3.63) is 35.0 Å². The maximum atomic E-state index is 11.2. The number of fused-ring (bicyclic) bond motifs is 3. The molecule has 2 aromatic rings. The molecule has 2 aliphatic rings. The molecule has 1 aliphatic carbocycles. The Morgan fingerprint density at radius 2 is 2.10 bits per heavy atom. The van der Waals surface area contributed by atoms with Crippen LogP contribution >= 0.6 is 0 Å². The first-order chi connectivity index (χ1) is 10.2. The summed E-state index contributed by atoms with van der Waals surface area (Å²) in [7, 11) is 0. The third-order valence-corrected chi connectivity index (χ3v) is 5.09. The van der Waals surface area contributed by atoms with E-state index in [1.165, 1.54) is 36.9 Å². The van der Waals surface area contributed by atoms with E-state index in [-0.39, 0.29) is 0 Å². The third kappa shape index (κ3) is 2.14. The molecule has 0 atom stereocenters. The van der Waals surface area contributed by atoms with Crippen molar-refractivity contribution < 1.29 is 9.90 Å². The standard InChI is InChI=1S/C17H20N2O2/c20-17(21)11-5-6-15-13(9-11)14-10-19(8-7-16(14)18-15)12-3-1-2-4-12/h5-6,9,12,18H,1-4,7-8,10H2,(H,20,21). The van der Waals surface area contributed by atoms with Crippen LogP contribution in [0.15, 0.2) is 18.2 Å². The third-order valence-electron chi connectivity index (χ3n) is 5.09. The van der Waals surface area contributed by atoms with E-state index in [2.05, 4.69) is 9.88 Å². The molecule has 0 spiro atoms. The van der Waals surface area contributed by atoms with Crippen LogP contribution in [0.25, 0.3) is 10.9 Å². The van der Waals surface area contributed by atoms with Crippen molar-refractivity contribution in [1.82, 2.24) is 9.88 Å². The van der Waals surface area contributed by atoms with Crippen molar-refractivity contribution in [1.29, 1.82) is 0 Å². The van der Waals surface area contributed by atoms with Gasteiger partial charge < -0.3 is 10.1 Å². The normalized spacial score (nSPS) is 20.0. The Balaban J connectivity index is 1.73. The van der Waals surface area contributed by atoms with E-state index in [4.69, 9.17) is 0 Å². The highest BCUT2D eigenvalue weighted by Crippen LogP contribution is 2.32. The van der Waals surface area contributed by atoms with Gasteiger partial charge in [0.05, 0.1) is 5.56 Å². The molecule has 2 N–H and O–H groups in total. The summed E-state index contributed by atoms with van der Waals surface area (Å²) in [6, 6.07) is 6.13. The molecular formula is C17H20N2O2. The summed E-state index contributed by atoms with van der Waals surface area (Å²) in [6.45, 7) is 2.08. The molecule has 0 saturated heterocycles. The molecule has 4 nitrogen and oxygen atoms in total. The van der Waals surface area contributed by atoms with E-state index in [0.29, 0.717) is 5.56 Å². The molecule has 0 radical (unpaired) electrons. The SMILES string of the molecule is O=C(O)c1ccc2[nH]c3c(c2c1)CN(C1CCCC1)CC3. The number of benzene rings is 1. The Labute approximate surface area is 123 Å². The number of nitrogens with zero attached hydrogens (tertiary/aromatic N) is 1. The summed E-state index contributed by atoms with van der Waals surface area (Å²) in [6.07, 6.45) is 6.38. The smallest absolute Gasteiger partial charge is 0.335 e. The fraction of sp³-hybridized carbons (Fsp3) is 0.471. The fourth-order valence-electron chi connectivity index (χ4n) is 3.95. The zero-order valence-electron chi connectivity index (χ0n) is 12.1. The van der Waals surface area contributed by atoms with Crippen molar-refractivity contribution >= 4 is 16.9 Å². The van der Waals surface area contributed by atoms with E-state index >= 15 is 0 Å². The fourth-order valence-corrected chi connectivity index (χ4v) is 3.95. The minimum Gasteiger partial charge on any atom is -0.478 e. The molecule has 21 heavy (non-hydrogen) atoms. The molecular weight excluding hydrogens is 264 g/mol. The topological polar surface area (TPSA) is 56.3 Å². The number of carboxylic acid groups (broad SMARTS) is 1. The van der Waals surface area contributed by atoms with Gasteiger partial charge in [-0.2, -0.15) is 0 Å². The molecule has 0 unspecified atom stereocenters. The first-order valence-electron chi connectivity index (χ1n) is 7.83. The molecule has 2 heterocycles. The van der Waals surface area contributed by atoms with Crippen molar-refractivity contribution in [2.24, 2.45) is 0 Å². The average molecular weight is 284 g/mol. The molecule has 1 aromatic carbocycles. The Kier molecular flexibility index (Phi) is 3.00. The van der Waals surface area contributed by atoms with Crippen LogP contribution in [0.1, 0.15) is 47.3 Å². The van der Waals surface area contributed by atoms with Gasteiger partial charge in [-0.15, -0.1) is 0 Å². The molecule has 110 valence electrons. The lowest BCUT2D eigenvalue weighted by Gasteiger charge is -2.32. The predicted octanol–water partition coefficient (Wildman–Crippen LogP) is 3.17. The van der Waals surface area contributed by atoms with Crippen LogP contribution in [0.5, 0.6) is 0 Å². The monoisotopic (exact) mass is 284 g/mol. The summed E-state index contributed by atoms with van der Waals surface area (Å²) >= 11 is 0. The molecule has 1 aromatic heterocycles. The van der Waals surface area contributed by atoms with Crippen LogP contribution in [0.3, 0.4) is 0 Å². The second-order valence-corrected chi connectivity index (χ2v) is 6.31. The van der Waals surface area contributed by atoms with Gasteiger partial charge >= 0.3 is 5.97 Å². The Bertz CT molecular complexity index is 698. The lowest BCUT2D eigenvalue weighted by molar-refractivity contribution is 0.0697. The van der Waals surface area contributed by atoms with Gasteiger partial charge in [0.1, 0.15) is 0 Å². The predicted molar refractivity (Wildman–Crippen MR) is 81.6 cm³/mol. The summed E-state index contributed by atoms with van der Waals surface area (Å²) in [4.78, 5) is 17.3. The van der Waals surface area contributed by atoms with Crippen LogP contribution < -0.4 is 0 Å². The lowest BCUT2D eigenvalue weighted by Crippen LogP contribution is -2.37. The minimum atomic E-state index is -0.852. The van der Waals surface area contributed by atoms with Crippen LogP contribution in [0, 0.1) is 0 Å². The lowest BCUT2D eigenvalue weighted by atomic mass is 10.0. The number of hydrogen-bond acceptors (Lipinski definition) is 2. The summed E-state index contributed by atoms with van der Waals surface area (Å²) in [5.74, 6) is -0.852. The Hall–Kier alpha value is -1.81. The van der Waals surface area contributed by atoms with Crippen LogP contribution in [-0.4, -0.2) is 33.5 Å². The molecule has 1 saturated carbocycles. The second-order valence-electron chi connectivity index (χ2n) is 6.31. The summed E-state index contributed by atoms with van der Waals surface area (Å²) in [5.41, 5.74) is 4.05. The van der Waals surface area contributed by atoms with E-state index in [0.717, 1.165) is 36.5 Å². The number of carbonyl (C=O) groups is 1. The number of nitrogens with one attached hydrogen (secondary N) is 1. The number of aromatic carboxylic acids is 1. The van der Waals surface area contributed by atoms with E-state index in [9.17, 15) is 9.90 Å². The zero-order valence-corrected chi connectivity index (χ0v) is 12.1. The highest BCUT2D eigenvalue weighted by atomic mass is 16.4. The van der Waals surface area contributed by atoms with Gasteiger partial charge in [-0.1, -0.05) is 12.8 Å². The van der Waals surface area contributed by atoms with Gasteiger partial charge in [-0.3, -0.25) is 4.90 Å². The van der Waals surface area contributed by atoms with Gasteiger partial charge in [0.25, 0.3) is 0 Å². The van der Waals surface area contributed by atoms with Crippen molar-refractivity contribution in [3.8, 4) is 0 Å². The van der Waals surface area contributed by atoms with E-state index in [1.54, 1.807) is 6.07 Å². The van der Waals surface area contributed by atoms with Crippen LogP contribution in [0.2, 0.25) is 0 Å². The quantitative estimate of drug-likeness (QED) is 0.890. The average Bonchev–Trinajstić information content (AvgIpc) is 3.13. The highest BCUT2D eigenvalue weighted by molar-refractivity contribution is 5.95. The molecule has 1 aliphatic heterocycles. The molecule has 1 fully saturated rings. The second kappa shape index (κ2) is 4.88. The van der Waals surface area contributed by atoms with Crippen molar-refractivity contribution in [2.45, 2.75) is 44.7 Å². The van der Waals surface area contributed by atoms with Crippen LogP contribution in [-0.2, 0) is 13.0 Å². The highest BCUT2D eigenvalue weighted by Gasteiger charge is 2.28. The first-order valence-corrected chi connectivity index (χ1v) is 7.83. The Morgan fingerprint density at radius 1 is 1.29 bits per heavy atom. The maximum Gasteiger partial charge on any atom is 0.335 e. The zero-order chi connectivity index (χ0) is 14.4. The largest absolute Gasteiger partial charge is 0.478 e. The summed E-state index contributed by atoms with van der Waals surface area (Å²) < 4.78 is 0. The van der Waals surface area contributed by atoms with Gasteiger partial charge in [0, 0.05) is 42.1 Å². The van der Waals surface area contributed by atoms with E-state index < -0.39 is 5.97 Å². The molecule has 4 heteroatoms.